The number of nitrogens with one attached hydrogen (secondary N) is 4. The smallest absolute Gasteiger partial charge is 0.0897 e. The van der Waals surface area contributed by atoms with Crippen molar-refractivity contribution in [3.8, 4) is 0 Å². The highest BCUT2D eigenvalue weighted by atomic mass is 16.5. The third kappa shape index (κ3) is 21.8. The fourth-order valence-corrected chi connectivity index (χ4v) is 2.24. The Bertz CT molecular complexity index is 299. The average molecular weight is 393 g/mol. The largest absolute Gasteiger partial charge is 0.389 e. The van der Waals surface area contributed by atoms with Gasteiger partial charge in [-0.05, 0) is 12.3 Å². The van der Waals surface area contributed by atoms with Crippen molar-refractivity contribution in [1.29, 1.82) is 0 Å². The fourth-order valence-electron chi connectivity index (χ4n) is 2.24. The van der Waals surface area contributed by atoms with E-state index in [2.05, 4.69) is 42.0 Å². The van der Waals surface area contributed by atoms with E-state index in [9.17, 15) is 10.2 Å². The third-order valence-electron chi connectivity index (χ3n) is 3.62. The van der Waals surface area contributed by atoms with Gasteiger partial charge in [0, 0.05) is 65.6 Å². The zero-order chi connectivity index (χ0) is 20.2. The summed E-state index contributed by atoms with van der Waals surface area (Å²) in [7, 11) is 0. The molecule has 0 aliphatic carbocycles. The molecule has 0 aliphatic heterocycles. The molecule has 2 unspecified atom stereocenters. The lowest BCUT2D eigenvalue weighted by Gasteiger charge is -2.14. The van der Waals surface area contributed by atoms with E-state index in [0.29, 0.717) is 45.4 Å². The Hall–Kier alpha value is -0.320. The third-order valence-corrected chi connectivity index (χ3v) is 3.62. The molecule has 0 fully saturated rings. The summed E-state index contributed by atoms with van der Waals surface area (Å²) in [6.45, 7) is 14.7. The molecule has 0 aromatic carbocycles. The SMILES string of the molecule is CCCOCC(O)CNCCNCCNCCNCC(O)COCC(C)C. The molecule has 8 nitrogen and oxygen atoms in total. The highest BCUT2D eigenvalue weighted by Crippen LogP contribution is 1.93. The molecule has 6 N–H and O–H groups in total. The van der Waals surface area contributed by atoms with Crippen LogP contribution >= 0.6 is 0 Å². The maximum Gasteiger partial charge on any atom is 0.0897 e. The first kappa shape index (κ1) is 26.7. The van der Waals surface area contributed by atoms with Gasteiger partial charge >= 0.3 is 0 Å². The number of aliphatic hydroxyl groups is 2. The summed E-state index contributed by atoms with van der Waals surface area (Å²) in [5, 5.41) is 32.5. The zero-order valence-corrected chi connectivity index (χ0v) is 17.6. The second-order valence-electron chi connectivity index (χ2n) is 7.22. The summed E-state index contributed by atoms with van der Waals surface area (Å²) in [5.74, 6) is 0.496. The Labute approximate surface area is 165 Å². The maximum atomic E-state index is 9.75. The predicted octanol–water partition coefficient (Wildman–Crippen LogP) is -0.834. The van der Waals surface area contributed by atoms with Gasteiger partial charge in [0.15, 0.2) is 0 Å². The normalized spacial score (nSPS) is 14.0. The van der Waals surface area contributed by atoms with Crippen molar-refractivity contribution < 1.29 is 19.7 Å². The van der Waals surface area contributed by atoms with Gasteiger partial charge in [0.1, 0.15) is 0 Å². The second kappa shape index (κ2) is 20.4. The molecular weight excluding hydrogens is 348 g/mol. The number of hydrogen-bond acceptors (Lipinski definition) is 8. The lowest BCUT2D eigenvalue weighted by atomic mass is 10.2. The van der Waals surface area contributed by atoms with E-state index in [0.717, 1.165) is 45.7 Å². The Morgan fingerprint density at radius 2 is 1.11 bits per heavy atom. The van der Waals surface area contributed by atoms with Crippen LogP contribution in [0.25, 0.3) is 0 Å². The van der Waals surface area contributed by atoms with Crippen LogP contribution in [0.5, 0.6) is 0 Å². The van der Waals surface area contributed by atoms with E-state index in [1.807, 2.05) is 0 Å². The molecule has 0 amide bonds. The van der Waals surface area contributed by atoms with Gasteiger partial charge in [0.2, 0.25) is 0 Å². The zero-order valence-electron chi connectivity index (χ0n) is 17.6. The standard InChI is InChI=1S/C19H44N4O4/c1-4-11-26-15-18(24)12-22-9-7-20-5-6-21-8-10-23-13-19(25)16-27-14-17(2)3/h17-25H,4-16H2,1-3H3. The summed E-state index contributed by atoms with van der Waals surface area (Å²) in [4.78, 5) is 0. The molecule has 0 bridgehead atoms. The van der Waals surface area contributed by atoms with Gasteiger partial charge in [-0.15, -0.1) is 0 Å². The first-order valence-corrected chi connectivity index (χ1v) is 10.4. The molecule has 164 valence electrons. The quantitative estimate of drug-likeness (QED) is 0.141. The van der Waals surface area contributed by atoms with Gasteiger partial charge < -0.3 is 41.0 Å². The van der Waals surface area contributed by atoms with Gasteiger partial charge in [0.05, 0.1) is 25.4 Å². The molecule has 8 heteroatoms. The average Bonchev–Trinajstić information content (AvgIpc) is 2.62. The first-order chi connectivity index (χ1) is 13.1. The number of hydrogen-bond donors (Lipinski definition) is 6. The summed E-state index contributed by atoms with van der Waals surface area (Å²) >= 11 is 0. The highest BCUT2D eigenvalue weighted by molar-refractivity contribution is 4.62. The molecule has 0 heterocycles. The van der Waals surface area contributed by atoms with E-state index in [1.54, 1.807) is 0 Å². The second-order valence-corrected chi connectivity index (χ2v) is 7.22. The minimum absolute atomic E-state index is 0.388. The van der Waals surface area contributed by atoms with Crippen LogP contribution in [0, 0.1) is 5.92 Å². The molecule has 0 aliphatic rings. The Morgan fingerprint density at radius 3 is 1.56 bits per heavy atom. The lowest BCUT2D eigenvalue weighted by Crippen LogP contribution is -2.38. The molecule has 2 atom stereocenters. The van der Waals surface area contributed by atoms with Gasteiger partial charge in [0.25, 0.3) is 0 Å². The van der Waals surface area contributed by atoms with Crippen LogP contribution in [-0.4, -0.2) is 101 Å². The van der Waals surface area contributed by atoms with Crippen molar-refractivity contribution in [1.82, 2.24) is 21.3 Å². The van der Waals surface area contributed by atoms with Crippen molar-refractivity contribution in [2.24, 2.45) is 5.92 Å². The highest BCUT2D eigenvalue weighted by Gasteiger charge is 2.04. The van der Waals surface area contributed by atoms with Crippen LogP contribution in [0.2, 0.25) is 0 Å². The van der Waals surface area contributed by atoms with Gasteiger partial charge in [-0.1, -0.05) is 20.8 Å². The van der Waals surface area contributed by atoms with Crippen LogP contribution in [0.4, 0.5) is 0 Å². The molecule has 0 saturated heterocycles. The maximum absolute atomic E-state index is 9.75. The van der Waals surface area contributed by atoms with E-state index in [4.69, 9.17) is 9.47 Å². The van der Waals surface area contributed by atoms with Crippen molar-refractivity contribution in [3.63, 3.8) is 0 Å². The number of rotatable bonds is 21. The summed E-state index contributed by atoms with van der Waals surface area (Å²) in [6, 6.07) is 0. The molecule has 0 spiro atoms. The van der Waals surface area contributed by atoms with Crippen LogP contribution in [0.3, 0.4) is 0 Å². The van der Waals surface area contributed by atoms with Crippen molar-refractivity contribution in [2.45, 2.75) is 39.4 Å². The van der Waals surface area contributed by atoms with E-state index < -0.39 is 12.2 Å². The fraction of sp³-hybridized carbons (Fsp3) is 1.00. The molecular formula is C19H44N4O4. The first-order valence-electron chi connectivity index (χ1n) is 10.4. The summed E-state index contributed by atoms with van der Waals surface area (Å²) in [6.07, 6.45) is 0.0874. The number of ether oxygens (including phenoxy) is 2. The molecule has 0 saturated carbocycles. The van der Waals surface area contributed by atoms with Crippen LogP contribution < -0.4 is 21.3 Å². The van der Waals surface area contributed by atoms with Crippen LogP contribution in [0.15, 0.2) is 0 Å². The van der Waals surface area contributed by atoms with Gasteiger partial charge in [-0.25, -0.2) is 0 Å². The number of aliphatic hydroxyl groups excluding tert-OH is 2. The Kier molecular flexibility index (Phi) is 20.2. The van der Waals surface area contributed by atoms with Crippen molar-refractivity contribution in [3.05, 3.63) is 0 Å². The van der Waals surface area contributed by atoms with E-state index in [1.165, 1.54) is 0 Å². The summed E-state index contributed by atoms with van der Waals surface area (Å²) in [5.41, 5.74) is 0. The topological polar surface area (TPSA) is 107 Å². The minimum Gasteiger partial charge on any atom is -0.389 e. The van der Waals surface area contributed by atoms with E-state index >= 15 is 0 Å². The molecule has 0 aromatic heterocycles. The van der Waals surface area contributed by atoms with Gasteiger partial charge in [-0.2, -0.15) is 0 Å². The van der Waals surface area contributed by atoms with Gasteiger partial charge in [-0.3, -0.25) is 0 Å². The van der Waals surface area contributed by atoms with E-state index in [-0.39, 0.29) is 0 Å². The molecule has 0 aromatic rings. The van der Waals surface area contributed by atoms with Crippen LogP contribution in [0.1, 0.15) is 27.2 Å². The minimum atomic E-state index is -0.449. The molecule has 27 heavy (non-hydrogen) atoms. The van der Waals surface area contributed by atoms with Crippen molar-refractivity contribution >= 4 is 0 Å². The summed E-state index contributed by atoms with van der Waals surface area (Å²) < 4.78 is 10.7. The predicted molar refractivity (Wildman–Crippen MR) is 110 cm³/mol. The van der Waals surface area contributed by atoms with Crippen LogP contribution in [-0.2, 0) is 9.47 Å². The Balaban J connectivity index is 3.18. The molecule has 0 radical (unpaired) electrons. The lowest BCUT2D eigenvalue weighted by molar-refractivity contribution is 0.0263. The monoisotopic (exact) mass is 392 g/mol. The van der Waals surface area contributed by atoms with Crippen molar-refractivity contribution in [2.75, 3.05) is 78.8 Å². The Morgan fingerprint density at radius 1 is 0.667 bits per heavy atom. The molecule has 0 rings (SSSR count).